The van der Waals surface area contributed by atoms with Crippen molar-refractivity contribution in [1.29, 1.82) is 0 Å². The fourth-order valence-corrected chi connectivity index (χ4v) is 6.39. The molecule has 10 heteroatoms. The summed E-state index contributed by atoms with van der Waals surface area (Å²) in [5.74, 6) is -0.916. The molecule has 0 aromatic rings. The van der Waals surface area contributed by atoms with Crippen LogP contribution in [0.2, 0.25) is 0 Å². The van der Waals surface area contributed by atoms with Gasteiger partial charge in [0.1, 0.15) is 6.61 Å². The number of phosphoric ester groups is 1. The standard InChI is InChI=1S/C45H80NO8P/c1-3-5-7-9-11-13-15-17-18-19-20-21-22-23-24-26-28-30-32-34-36-38-45(48)54-43(42-53-55(49,50)52-40-39-46)41-51-44(47)37-35-33-31-29-27-25-16-14-12-10-8-6-4-2/h18-19,21-22,24-27,30,32,43H,3-17,20,23,28-29,31,33-42,46H2,1-2H3,(H,49,50)/b19-18+,22-21+,26-24+,27-25+,32-30+/t43-/m1/s1. The molecule has 0 aliphatic rings. The van der Waals surface area contributed by atoms with E-state index in [2.05, 4.69) is 68.5 Å². The number of carbonyl (C=O) groups excluding carboxylic acids is 2. The van der Waals surface area contributed by atoms with Gasteiger partial charge in [-0.15, -0.1) is 0 Å². The Morgan fingerprint density at radius 1 is 0.545 bits per heavy atom. The third-order valence-corrected chi connectivity index (χ3v) is 9.86. The van der Waals surface area contributed by atoms with Crippen molar-refractivity contribution in [1.82, 2.24) is 0 Å². The van der Waals surface area contributed by atoms with Crippen LogP contribution >= 0.6 is 7.82 Å². The van der Waals surface area contributed by atoms with Crippen molar-refractivity contribution in [2.45, 2.75) is 187 Å². The molecule has 0 aliphatic heterocycles. The molecule has 0 saturated heterocycles. The largest absolute Gasteiger partial charge is 0.472 e. The van der Waals surface area contributed by atoms with Crippen LogP contribution in [0.3, 0.4) is 0 Å². The molecule has 0 rings (SSSR count). The van der Waals surface area contributed by atoms with Gasteiger partial charge in [-0.2, -0.15) is 0 Å². The highest BCUT2D eigenvalue weighted by molar-refractivity contribution is 7.47. The Balaban J connectivity index is 4.28. The van der Waals surface area contributed by atoms with Gasteiger partial charge in [0.2, 0.25) is 0 Å². The van der Waals surface area contributed by atoms with E-state index in [0.29, 0.717) is 19.3 Å². The van der Waals surface area contributed by atoms with Gasteiger partial charge in [0.15, 0.2) is 6.10 Å². The zero-order valence-corrected chi connectivity index (χ0v) is 35.8. The molecule has 0 amide bonds. The number of ether oxygens (including phenoxy) is 2. The van der Waals surface area contributed by atoms with Gasteiger partial charge in [-0.1, -0.05) is 152 Å². The van der Waals surface area contributed by atoms with Crippen molar-refractivity contribution >= 4 is 19.8 Å². The molecular weight excluding hydrogens is 713 g/mol. The summed E-state index contributed by atoms with van der Waals surface area (Å²) in [7, 11) is -4.40. The Kier molecular flexibility index (Phi) is 39.6. The second-order valence-corrected chi connectivity index (χ2v) is 15.7. The number of hydrogen-bond donors (Lipinski definition) is 2. The molecule has 0 bridgehead atoms. The van der Waals surface area contributed by atoms with E-state index in [1.165, 1.54) is 89.9 Å². The van der Waals surface area contributed by atoms with Crippen molar-refractivity contribution in [3.63, 3.8) is 0 Å². The Labute approximate surface area is 336 Å². The van der Waals surface area contributed by atoms with Gasteiger partial charge >= 0.3 is 19.8 Å². The van der Waals surface area contributed by atoms with E-state index in [-0.39, 0.29) is 32.6 Å². The summed E-state index contributed by atoms with van der Waals surface area (Å²) in [4.78, 5) is 34.8. The molecule has 318 valence electrons. The van der Waals surface area contributed by atoms with Crippen LogP contribution in [0.5, 0.6) is 0 Å². The predicted octanol–water partition coefficient (Wildman–Crippen LogP) is 12.5. The van der Waals surface area contributed by atoms with E-state index in [1.807, 2.05) is 6.08 Å². The van der Waals surface area contributed by atoms with Crippen LogP contribution in [0.25, 0.3) is 0 Å². The summed E-state index contributed by atoms with van der Waals surface area (Å²) in [6, 6.07) is 0. The zero-order chi connectivity index (χ0) is 40.3. The lowest BCUT2D eigenvalue weighted by Gasteiger charge is -2.19. The number of allylic oxidation sites excluding steroid dienone is 10. The van der Waals surface area contributed by atoms with Crippen LogP contribution in [0.1, 0.15) is 181 Å². The molecule has 0 aliphatic carbocycles. The van der Waals surface area contributed by atoms with Gasteiger partial charge in [0.25, 0.3) is 0 Å². The third-order valence-electron chi connectivity index (χ3n) is 8.88. The third kappa shape index (κ3) is 41.2. The number of unbranched alkanes of at least 4 members (excludes halogenated alkanes) is 17. The molecule has 0 spiro atoms. The first-order valence-corrected chi connectivity index (χ1v) is 23.3. The minimum absolute atomic E-state index is 0.0407. The van der Waals surface area contributed by atoms with E-state index in [1.54, 1.807) is 0 Å². The first kappa shape index (κ1) is 52.7. The lowest BCUT2D eigenvalue weighted by atomic mass is 10.1. The normalized spacial score (nSPS) is 13.9. The van der Waals surface area contributed by atoms with E-state index in [0.717, 1.165) is 44.9 Å². The van der Waals surface area contributed by atoms with E-state index < -0.39 is 32.5 Å². The van der Waals surface area contributed by atoms with Crippen molar-refractivity contribution in [2.24, 2.45) is 5.73 Å². The maximum atomic E-state index is 12.6. The summed E-state index contributed by atoms with van der Waals surface area (Å²) in [6.45, 7) is 3.63. The lowest BCUT2D eigenvalue weighted by molar-refractivity contribution is -0.161. The molecule has 9 nitrogen and oxygen atoms in total. The van der Waals surface area contributed by atoms with Crippen LogP contribution in [-0.2, 0) is 32.7 Å². The monoisotopic (exact) mass is 794 g/mol. The number of phosphoric acid groups is 1. The van der Waals surface area contributed by atoms with Crippen LogP contribution in [0.4, 0.5) is 0 Å². The van der Waals surface area contributed by atoms with Gasteiger partial charge in [-0.25, -0.2) is 4.57 Å². The summed E-state index contributed by atoms with van der Waals surface area (Å²) in [5, 5.41) is 0. The number of esters is 2. The van der Waals surface area contributed by atoms with Gasteiger partial charge in [0, 0.05) is 19.4 Å². The number of nitrogens with two attached hydrogens (primary N) is 1. The number of rotatable bonds is 40. The second kappa shape index (κ2) is 41.3. The Morgan fingerprint density at radius 3 is 1.47 bits per heavy atom. The average molecular weight is 794 g/mol. The summed E-state index contributed by atoms with van der Waals surface area (Å²) < 4.78 is 32.7. The molecule has 55 heavy (non-hydrogen) atoms. The SMILES string of the molecule is CCCCCCCC/C=C/CCCCCC(=O)OC[C@H](COP(=O)(O)OCCN)OC(=O)CCC/C=C/C/C=C/C/C=C/C/C=C/CCCCCCCCC. The molecule has 0 saturated carbocycles. The average Bonchev–Trinajstić information content (AvgIpc) is 3.17. The topological polar surface area (TPSA) is 134 Å². The van der Waals surface area contributed by atoms with Crippen LogP contribution in [0, 0.1) is 0 Å². The fraction of sp³-hybridized carbons (Fsp3) is 0.733. The lowest BCUT2D eigenvalue weighted by Crippen LogP contribution is -2.29. The Bertz CT molecular complexity index is 1090. The quantitative estimate of drug-likeness (QED) is 0.0269. The van der Waals surface area contributed by atoms with Gasteiger partial charge in [-0.3, -0.25) is 18.6 Å². The summed E-state index contributed by atoms with van der Waals surface area (Å²) >= 11 is 0. The predicted molar refractivity (Wildman–Crippen MR) is 229 cm³/mol. The molecule has 2 atom stereocenters. The highest BCUT2D eigenvalue weighted by atomic mass is 31.2. The molecule has 0 radical (unpaired) electrons. The highest BCUT2D eigenvalue weighted by Crippen LogP contribution is 2.43. The first-order valence-electron chi connectivity index (χ1n) is 21.8. The first-order chi connectivity index (χ1) is 26.8. The molecule has 0 fully saturated rings. The van der Waals surface area contributed by atoms with Crippen LogP contribution in [-0.4, -0.2) is 49.3 Å². The molecular formula is C45H80NO8P. The van der Waals surface area contributed by atoms with Crippen LogP contribution < -0.4 is 5.73 Å². The minimum Gasteiger partial charge on any atom is -0.462 e. The van der Waals surface area contributed by atoms with Crippen LogP contribution in [0.15, 0.2) is 60.8 Å². The van der Waals surface area contributed by atoms with Crippen molar-refractivity contribution in [3.05, 3.63) is 60.8 Å². The highest BCUT2D eigenvalue weighted by Gasteiger charge is 2.25. The zero-order valence-electron chi connectivity index (χ0n) is 34.9. The van der Waals surface area contributed by atoms with E-state index in [4.69, 9.17) is 24.3 Å². The maximum absolute atomic E-state index is 12.6. The van der Waals surface area contributed by atoms with Gasteiger partial charge in [-0.05, 0) is 77.0 Å². The molecule has 1 unspecified atom stereocenters. The molecule has 0 heterocycles. The fourth-order valence-electron chi connectivity index (χ4n) is 5.62. The minimum atomic E-state index is -4.40. The second-order valence-electron chi connectivity index (χ2n) is 14.2. The summed E-state index contributed by atoms with van der Waals surface area (Å²) in [6.07, 6.45) is 48.4. The Morgan fingerprint density at radius 2 is 0.964 bits per heavy atom. The van der Waals surface area contributed by atoms with E-state index >= 15 is 0 Å². The van der Waals surface area contributed by atoms with Crippen molar-refractivity contribution in [2.75, 3.05) is 26.4 Å². The molecule has 0 aromatic heterocycles. The smallest absolute Gasteiger partial charge is 0.462 e. The number of hydrogen-bond acceptors (Lipinski definition) is 8. The molecule has 3 N–H and O–H groups in total. The Hall–Kier alpha value is -2.29. The maximum Gasteiger partial charge on any atom is 0.472 e. The van der Waals surface area contributed by atoms with Crippen molar-refractivity contribution < 1.29 is 37.6 Å². The van der Waals surface area contributed by atoms with Gasteiger partial charge < -0.3 is 20.1 Å². The number of carbonyl (C=O) groups is 2. The van der Waals surface area contributed by atoms with Gasteiger partial charge in [0.05, 0.1) is 13.2 Å². The van der Waals surface area contributed by atoms with E-state index in [9.17, 15) is 19.0 Å². The van der Waals surface area contributed by atoms with Crippen molar-refractivity contribution in [3.8, 4) is 0 Å². The molecule has 0 aromatic carbocycles. The summed E-state index contributed by atoms with van der Waals surface area (Å²) in [5.41, 5.74) is 5.34.